The molecule has 69 valence electrons. The van der Waals surface area contributed by atoms with Gasteiger partial charge >= 0.3 is 6.41 Å². The van der Waals surface area contributed by atoms with Crippen molar-refractivity contribution in [1.29, 1.82) is 0 Å². The summed E-state index contributed by atoms with van der Waals surface area (Å²) in [6, 6.07) is 0. The zero-order valence-electron chi connectivity index (χ0n) is 6.99. The third-order valence-electron chi connectivity index (χ3n) is 2.18. The van der Waals surface area contributed by atoms with E-state index < -0.39 is 9.84 Å². The molecule has 1 radical (unpaired) electrons. The molecular weight excluding hydrogens is 178 g/mol. The van der Waals surface area contributed by atoms with E-state index in [1.165, 1.54) is 11.2 Å². The number of sulfone groups is 1. The molecule has 1 rings (SSSR count). The zero-order chi connectivity index (χ0) is 9.19. The predicted octanol–water partition coefficient (Wildman–Crippen LogP) is -0.437. The van der Waals surface area contributed by atoms with Crippen LogP contribution in [0.5, 0.6) is 0 Å². The first-order valence-electron chi connectivity index (χ1n) is 3.85. The summed E-state index contributed by atoms with van der Waals surface area (Å²) in [4.78, 5) is 11.7. The van der Waals surface area contributed by atoms with Crippen LogP contribution in [-0.4, -0.2) is 44.3 Å². The second-order valence-corrected chi connectivity index (χ2v) is 5.43. The molecule has 1 aliphatic heterocycles. The van der Waals surface area contributed by atoms with Gasteiger partial charge in [-0.1, -0.05) is 0 Å². The third kappa shape index (κ3) is 2.20. The summed E-state index contributed by atoms with van der Waals surface area (Å²) in [5, 5.41) is -0.262. The third-order valence-corrected chi connectivity index (χ3v) is 3.86. The lowest BCUT2D eigenvalue weighted by atomic mass is 10.1. The maximum atomic E-state index is 11.1. The van der Waals surface area contributed by atoms with Crippen molar-refractivity contribution in [1.82, 2.24) is 4.90 Å². The normalized spacial score (nSPS) is 20.9. The number of nitrogens with zero attached hydrogens (tertiary/aromatic N) is 1. The highest BCUT2D eigenvalue weighted by atomic mass is 32.2. The molecule has 0 saturated carbocycles. The molecule has 0 unspecified atom stereocenters. The Labute approximate surface area is 72.5 Å². The standard InChI is InChI=1S/C7H12NO3S/c1-12(10,11)7-2-4-8(6-9)5-3-7/h7H,2-5H2,1H3. The van der Waals surface area contributed by atoms with Crippen LogP contribution in [0, 0.1) is 0 Å². The van der Waals surface area contributed by atoms with Gasteiger partial charge in [-0.05, 0) is 12.8 Å². The average molecular weight is 190 g/mol. The topological polar surface area (TPSA) is 54.5 Å². The molecule has 5 heteroatoms. The summed E-state index contributed by atoms with van der Waals surface area (Å²) in [7, 11) is -2.91. The Balaban J connectivity index is 2.52. The van der Waals surface area contributed by atoms with E-state index >= 15 is 0 Å². The van der Waals surface area contributed by atoms with Crippen molar-refractivity contribution in [2.24, 2.45) is 0 Å². The van der Waals surface area contributed by atoms with Gasteiger partial charge in [0.1, 0.15) is 9.84 Å². The van der Waals surface area contributed by atoms with Crippen LogP contribution < -0.4 is 0 Å². The van der Waals surface area contributed by atoms with Gasteiger partial charge in [-0.3, -0.25) is 4.79 Å². The van der Waals surface area contributed by atoms with Crippen LogP contribution in [0.25, 0.3) is 0 Å². The first-order valence-corrected chi connectivity index (χ1v) is 5.81. The molecule has 1 saturated heterocycles. The molecule has 0 bridgehead atoms. The van der Waals surface area contributed by atoms with Crippen molar-refractivity contribution in [2.45, 2.75) is 18.1 Å². The molecule has 1 fully saturated rings. The molecule has 12 heavy (non-hydrogen) atoms. The highest BCUT2D eigenvalue weighted by molar-refractivity contribution is 7.91. The van der Waals surface area contributed by atoms with E-state index in [0.717, 1.165) is 0 Å². The molecule has 1 amide bonds. The average Bonchev–Trinajstić information content (AvgIpc) is 2.03. The molecule has 0 spiro atoms. The minimum absolute atomic E-state index is 0.262. The molecule has 0 N–H and O–H groups in total. The van der Waals surface area contributed by atoms with Crippen molar-refractivity contribution >= 4 is 16.2 Å². The Kier molecular flexibility index (Phi) is 2.72. The fourth-order valence-corrected chi connectivity index (χ4v) is 2.44. The number of hydrogen-bond donors (Lipinski definition) is 0. The quantitative estimate of drug-likeness (QED) is 0.593. The van der Waals surface area contributed by atoms with E-state index in [2.05, 4.69) is 0 Å². The molecule has 0 aromatic rings. The smallest absolute Gasteiger partial charge is 0.312 e. The molecule has 0 atom stereocenters. The molecule has 0 aromatic carbocycles. The highest BCUT2D eigenvalue weighted by Crippen LogP contribution is 2.15. The van der Waals surface area contributed by atoms with E-state index in [4.69, 9.17) is 0 Å². The van der Waals surface area contributed by atoms with Crippen molar-refractivity contribution in [2.75, 3.05) is 19.3 Å². The van der Waals surface area contributed by atoms with Crippen LogP contribution in [0.1, 0.15) is 12.8 Å². The first kappa shape index (κ1) is 9.51. The van der Waals surface area contributed by atoms with Gasteiger partial charge in [0.05, 0.1) is 5.25 Å². The maximum Gasteiger partial charge on any atom is 0.312 e. The molecule has 1 aliphatic rings. The SMILES string of the molecule is CS(=O)(=O)C1CCN([C]=O)CC1. The van der Waals surface area contributed by atoms with Crippen molar-refractivity contribution in [3.63, 3.8) is 0 Å². The molecule has 0 aromatic heterocycles. The molecule has 1 heterocycles. The highest BCUT2D eigenvalue weighted by Gasteiger charge is 2.25. The van der Waals surface area contributed by atoms with Crippen LogP contribution in [0.3, 0.4) is 0 Å². The van der Waals surface area contributed by atoms with Gasteiger partial charge in [0.2, 0.25) is 0 Å². The molecule has 0 aliphatic carbocycles. The first-order chi connectivity index (χ1) is 5.54. The lowest BCUT2D eigenvalue weighted by Gasteiger charge is -2.27. The van der Waals surface area contributed by atoms with Crippen LogP contribution >= 0.6 is 0 Å². The summed E-state index contributed by atoms with van der Waals surface area (Å²) in [5.74, 6) is 0. The van der Waals surface area contributed by atoms with E-state index in [9.17, 15) is 13.2 Å². The fraction of sp³-hybridized carbons (Fsp3) is 0.857. The monoisotopic (exact) mass is 190 g/mol. The van der Waals surface area contributed by atoms with Crippen LogP contribution in [0.4, 0.5) is 0 Å². The Hall–Kier alpha value is -0.580. The number of likely N-dealkylation sites (tertiary alicyclic amines) is 1. The molecule has 4 nitrogen and oxygen atoms in total. The Morgan fingerprint density at radius 2 is 1.83 bits per heavy atom. The van der Waals surface area contributed by atoms with Gasteiger partial charge in [0.25, 0.3) is 0 Å². The number of rotatable bonds is 2. The van der Waals surface area contributed by atoms with Crippen LogP contribution in [0.15, 0.2) is 0 Å². The second kappa shape index (κ2) is 3.43. The van der Waals surface area contributed by atoms with Gasteiger partial charge < -0.3 is 4.90 Å². The Morgan fingerprint density at radius 3 is 2.17 bits per heavy atom. The summed E-state index contributed by atoms with van der Waals surface area (Å²) >= 11 is 0. The van der Waals surface area contributed by atoms with Crippen molar-refractivity contribution in [3.8, 4) is 0 Å². The predicted molar refractivity (Wildman–Crippen MR) is 45.1 cm³/mol. The maximum absolute atomic E-state index is 11.1. The van der Waals surface area contributed by atoms with Gasteiger partial charge in [-0.15, -0.1) is 0 Å². The summed E-state index contributed by atoms with van der Waals surface area (Å²) in [6.45, 7) is 1.03. The van der Waals surface area contributed by atoms with E-state index in [1.54, 1.807) is 6.41 Å². The number of hydrogen-bond acceptors (Lipinski definition) is 3. The van der Waals surface area contributed by atoms with Crippen molar-refractivity contribution < 1.29 is 13.2 Å². The van der Waals surface area contributed by atoms with Crippen LogP contribution in [-0.2, 0) is 14.6 Å². The zero-order valence-corrected chi connectivity index (χ0v) is 7.80. The Bertz CT molecular complexity index is 252. The number of piperidine rings is 1. The summed E-state index contributed by atoms with van der Waals surface area (Å²) in [5.41, 5.74) is 0. The van der Waals surface area contributed by atoms with Gasteiger partial charge in [-0.2, -0.15) is 0 Å². The van der Waals surface area contributed by atoms with E-state index in [1.807, 2.05) is 0 Å². The molecular formula is C7H12NO3S. The lowest BCUT2D eigenvalue weighted by Crippen LogP contribution is -2.38. The Morgan fingerprint density at radius 1 is 1.33 bits per heavy atom. The van der Waals surface area contributed by atoms with E-state index in [-0.39, 0.29) is 5.25 Å². The van der Waals surface area contributed by atoms with Gasteiger partial charge in [0, 0.05) is 19.3 Å². The van der Waals surface area contributed by atoms with Gasteiger partial charge in [0.15, 0.2) is 0 Å². The largest absolute Gasteiger partial charge is 0.334 e. The minimum Gasteiger partial charge on any atom is -0.334 e. The van der Waals surface area contributed by atoms with Gasteiger partial charge in [-0.25, -0.2) is 8.42 Å². The van der Waals surface area contributed by atoms with Crippen molar-refractivity contribution in [3.05, 3.63) is 0 Å². The number of carbonyl (C=O) groups excluding carboxylic acids is 1. The second-order valence-electron chi connectivity index (χ2n) is 3.11. The fourth-order valence-electron chi connectivity index (χ4n) is 1.38. The lowest BCUT2D eigenvalue weighted by molar-refractivity contribution is 0.322. The van der Waals surface area contributed by atoms with E-state index in [0.29, 0.717) is 25.9 Å². The summed E-state index contributed by atoms with van der Waals surface area (Å²) < 4.78 is 22.1. The van der Waals surface area contributed by atoms with Crippen LogP contribution in [0.2, 0.25) is 0 Å². The number of amides is 1. The summed E-state index contributed by atoms with van der Waals surface area (Å²) in [6.07, 6.45) is 4.11. The minimum atomic E-state index is -2.91.